The van der Waals surface area contributed by atoms with Crippen molar-refractivity contribution in [3.8, 4) is 5.75 Å². The molecule has 1 aliphatic heterocycles. The fraction of sp³-hybridized carbons (Fsp3) is 0.343. The Morgan fingerprint density at radius 1 is 1.05 bits per heavy atom. The van der Waals surface area contributed by atoms with E-state index in [0.717, 1.165) is 46.0 Å². The maximum absolute atomic E-state index is 13.7. The number of aliphatic hydroxyl groups excluding tert-OH is 1. The molecule has 1 saturated heterocycles. The van der Waals surface area contributed by atoms with E-state index in [1.54, 1.807) is 30.6 Å². The number of methoxy groups -OCH3 is 1. The molecule has 0 saturated carbocycles. The van der Waals surface area contributed by atoms with Crippen LogP contribution in [0.5, 0.6) is 5.75 Å². The fourth-order valence-corrected chi connectivity index (χ4v) is 6.63. The van der Waals surface area contributed by atoms with Crippen molar-refractivity contribution in [2.75, 3.05) is 20.2 Å². The van der Waals surface area contributed by atoms with Crippen LogP contribution in [0, 0.1) is 13.8 Å². The van der Waals surface area contributed by atoms with Crippen LogP contribution in [0.2, 0.25) is 0 Å². The molecule has 9 heteroatoms. The number of thiazole rings is 1. The molecule has 0 spiro atoms. The molecule has 8 nitrogen and oxygen atoms in total. The Morgan fingerprint density at radius 3 is 2.57 bits per heavy atom. The summed E-state index contributed by atoms with van der Waals surface area (Å²) in [4.78, 5) is 33.9. The van der Waals surface area contributed by atoms with E-state index in [9.17, 15) is 14.7 Å². The highest BCUT2D eigenvalue weighted by molar-refractivity contribution is 7.09. The number of rotatable bonds is 12. The van der Waals surface area contributed by atoms with Crippen molar-refractivity contribution < 1.29 is 19.4 Å². The Morgan fingerprint density at radius 2 is 1.82 bits per heavy atom. The quantitative estimate of drug-likeness (QED) is 0.202. The van der Waals surface area contributed by atoms with E-state index in [-0.39, 0.29) is 24.4 Å². The molecule has 1 fully saturated rings. The molecular formula is C35H40N4O4S. The predicted molar refractivity (Wildman–Crippen MR) is 173 cm³/mol. The van der Waals surface area contributed by atoms with Gasteiger partial charge in [0.15, 0.2) is 0 Å². The topological polar surface area (TPSA) is 104 Å². The van der Waals surface area contributed by atoms with Crippen molar-refractivity contribution in [1.29, 1.82) is 0 Å². The number of aliphatic hydroxyl groups is 1. The van der Waals surface area contributed by atoms with Crippen LogP contribution in [0.3, 0.4) is 0 Å². The summed E-state index contributed by atoms with van der Waals surface area (Å²) in [6, 6.07) is 22.2. The number of hydrogen-bond donors (Lipinski definition) is 3. The fourth-order valence-electron chi connectivity index (χ4n) is 5.69. The Kier molecular flexibility index (Phi) is 10.4. The molecule has 0 bridgehead atoms. The third-order valence-electron chi connectivity index (χ3n) is 7.92. The van der Waals surface area contributed by atoms with Crippen molar-refractivity contribution >= 4 is 23.2 Å². The van der Waals surface area contributed by atoms with Crippen LogP contribution >= 0.6 is 11.3 Å². The molecule has 3 aromatic carbocycles. The maximum atomic E-state index is 13.7. The van der Waals surface area contributed by atoms with E-state index >= 15 is 0 Å². The lowest BCUT2D eigenvalue weighted by Gasteiger charge is -2.26. The third-order valence-corrected chi connectivity index (χ3v) is 8.98. The first kappa shape index (κ1) is 31.4. The molecule has 2 heterocycles. The van der Waals surface area contributed by atoms with Gasteiger partial charge in [-0.1, -0.05) is 42.5 Å². The molecule has 44 heavy (non-hydrogen) atoms. The normalized spacial score (nSPS) is 16.0. The smallest absolute Gasteiger partial charge is 0.254 e. The monoisotopic (exact) mass is 612 g/mol. The minimum absolute atomic E-state index is 0.0474. The summed E-state index contributed by atoms with van der Waals surface area (Å²) in [5, 5.41) is 20.6. The number of aromatic nitrogens is 1. The summed E-state index contributed by atoms with van der Waals surface area (Å²) in [6.07, 6.45) is 1.39. The Balaban J connectivity index is 1.30. The number of likely N-dealkylation sites (tertiary alicyclic amines) is 1. The van der Waals surface area contributed by atoms with Gasteiger partial charge < -0.3 is 25.4 Å². The van der Waals surface area contributed by atoms with Gasteiger partial charge >= 0.3 is 0 Å². The average molecular weight is 613 g/mol. The van der Waals surface area contributed by atoms with Crippen LogP contribution in [0.15, 0.2) is 78.2 Å². The molecule has 1 aromatic heterocycles. The van der Waals surface area contributed by atoms with E-state index in [1.165, 1.54) is 0 Å². The number of hydrogen-bond acceptors (Lipinski definition) is 7. The zero-order valence-corrected chi connectivity index (χ0v) is 26.3. The standard InChI is InChI=1S/C35H40N4O4S/c1-23-15-27(19-28(16-23)35(42)39-14-8-13-31(39)34-37-24(2)22-44-34)33(41)38-30(18-25-9-5-4-6-10-25)32(40)21-36-20-26-11-7-12-29(17-26)43-3/h4-7,9-12,15-17,19,22,30-32,36,40H,8,13-14,18,20-21H2,1-3H3,(H,38,41). The number of benzene rings is 3. The number of carbonyl (C=O) groups excluding carboxylic acids is 2. The zero-order valence-electron chi connectivity index (χ0n) is 25.5. The van der Waals surface area contributed by atoms with Gasteiger partial charge in [-0.3, -0.25) is 9.59 Å². The van der Waals surface area contributed by atoms with E-state index in [4.69, 9.17) is 4.74 Å². The lowest BCUT2D eigenvalue weighted by atomic mass is 9.99. The molecule has 0 aliphatic carbocycles. The van der Waals surface area contributed by atoms with Gasteiger partial charge in [-0.2, -0.15) is 0 Å². The van der Waals surface area contributed by atoms with Gasteiger partial charge in [0.2, 0.25) is 0 Å². The van der Waals surface area contributed by atoms with Crippen molar-refractivity contribution in [1.82, 2.24) is 20.5 Å². The zero-order chi connectivity index (χ0) is 31.1. The van der Waals surface area contributed by atoms with Crippen LogP contribution in [0.4, 0.5) is 0 Å². The number of nitrogens with zero attached hydrogens (tertiary/aromatic N) is 2. The van der Waals surface area contributed by atoms with E-state index < -0.39 is 12.1 Å². The summed E-state index contributed by atoms with van der Waals surface area (Å²) in [6.45, 7) is 5.33. The van der Waals surface area contributed by atoms with Crippen molar-refractivity contribution in [3.05, 3.63) is 117 Å². The Labute approximate surface area is 263 Å². The summed E-state index contributed by atoms with van der Waals surface area (Å²) >= 11 is 1.59. The van der Waals surface area contributed by atoms with E-state index in [2.05, 4.69) is 15.6 Å². The van der Waals surface area contributed by atoms with Crippen molar-refractivity contribution in [2.24, 2.45) is 0 Å². The van der Waals surface area contributed by atoms with Gasteiger partial charge in [0.25, 0.3) is 11.8 Å². The first-order valence-corrected chi connectivity index (χ1v) is 15.9. The molecule has 230 valence electrons. The highest BCUT2D eigenvalue weighted by Gasteiger charge is 2.33. The number of nitrogens with one attached hydrogen (secondary N) is 2. The van der Waals surface area contributed by atoms with Crippen molar-refractivity contribution in [2.45, 2.75) is 57.8 Å². The van der Waals surface area contributed by atoms with Crippen LogP contribution in [-0.2, 0) is 13.0 Å². The summed E-state index contributed by atoms with van der Waals surface area (Å²) in [7, 11) is 1.63. The number of aryl methyl sites for hydroxylation is 2. The summed E-state index contributed by atoms with van der Waals surface area (Å²) in [5.74, 6) is 0.346. The number of carbonyl (C=O) groups is 2. The summed E-state index contributed by atoms with van der Waals surface area (Å²) in [5.41, 5.74) is 4.69. The van der Waals surface area contributed by atoms with Crippen LogP contribution in [0.25, 0.3) is 0 Å². The average Bonchev–Trinajstić information content (AvgIpc) is 3.69. The van der Waals surface area contributed by atoms with Crippen LogP contribution < -0.4 is 15.4 Å². The molecule has 3 unspecified atom stereocenters. The first-order chi connectivity index (χ1) is 21.3. The highest BCUT2D eigenvalue weighted by atomic mass is 32.1. The number of ether oxygens (including phenoxy) is 1. The van der Waals surface area contributed by atoms with Gasteiger partial charge in [-0.15, -0.1) is 11.3 Å². The SMILES string of the molecule is COc1cccc(CNCC(O)C(Cc2ccccc2)NC(=O)c2cc(C)cc(C(=O)N3CCCC3c3nc(C)cs3)c2)c1. The lowest BCUT2D eigenvalue weighted by Crippen LogP contribution is -2.48. The van der Waals surface area contributed by atoms with Gasteiger partial charge in [-0.25, -0.2) is 4.98 Å². The van der Waals surface area contributed by atoms with Crippen molar-refractivity contribution in [3.63, 3.8) is 0 Å². The molecule has 0 radical (unpaired) electrons. The highest BCUT2D eigenvalue weighted by Crippen LogP contribution is 2.35. The van der Waals surface area contributed by atoms with Gasteiger partial charge in [0, 0.05) is 41.8 Å². The minimum atomic E-state index is -0.859. The lowest BCUT2D eigenvalue weighted by molar-refractivity contribution is 0.0735. The minimum Gasteiger partial charge on any atom is -0.497 e. The van der Waals surface area contributed by atoms with Crippen LogP contribution in [0.1, 0.15) is 67.0 Å². The van der Waals surface area contributed by atoms with E-state index in [1.807, 2.05) is 84.8 Å². The molecule has 2 amide bonds. The molecule has 4 aromatic rings. The van der Waals surface area contributed by atoms with Gasteiger partial charge in [0.05, 0.1) is 25.3 Å². The predicted octanol–water partition coefficient (Wildman–Crippen LogP) is 5.24. The first-order valence-electron chi connectivity index (χ1n) is 15.0. The molecule has 1 aliphatic rings. The van der Waals surface area contributed by atoms with Gasteiger partial charge in [-0.05, 0) is 80.1 Å². The van der Waals surface area contributed by atoms with Crippen LogP contribution in [-0.4, -0.2) is 59.1 Å². The van der Waals surface area contributed by atoms with Gasteiger partial charge in [0.1, 0.15) is 10.8 Å². The second-order valence-electron chi connectivity index (χ2n) is 11.4. The second-order valence-corrected chi connectivity index (χ2v) is 12.3. The third kappa shape index (κ3) is 7.91. The maximum Gasteiger partial charge on any atom is 0.254 e. The molecular weight excluding hydrogens is 572 g/mol. The number of amides is 2. The Hall–Kier alpha value is -4.05. The summed E-state index contributed by atoms with van der Waals surface area (Å²) < 4.78 is 5.31. The second kappa shape index (κ2) is 14.6. The molecule has 3 atom stereocenters. The molecule has 5 rings (SSSR count). The Bertz CT molecular complexity index is 1570. The molecule has 3 N–H and O–H groups in total. The van der Waals surface area contributed by atoms with E-state index in [0.29, 0.717) is 30.6 Å². The largest absolute Gasteiger partial charge is 0.497 e.